The van der Waals surface area contributed by atoms with Crippen molar-refractivity contribution < 1.29 is 14.3 Å². The number of esters is 1. The summed E-state index contributed by atoms with van der Waals surface area (Å²) >= 11 is 12.1. The van der Waals surface area contributed by atoms with Crippen LogP contribution in [0.25, 0.3) is 0 Å². The van der Waals surface area contributed by atoms with E-state index in [1.165, 1.54) is 0 Å². The molecular weight excluding hydrogens is 347 g/mol. The number of alkyl halides is 2. The second-order valence-electron chi connectivity index (χ2n) is 6.14. The van der Waals surface area contributed by atoms with Crippen molar-refractivity contribution in [1.29, 1.82) is 0 Å². The summed E-state index contributed by atoms with van der Waals surface area (Å²) in [5.74, 6) is -0.847. The summed E-state index contributed by atoms with van der Waals surface area (Å²) in [6, 6.07) is 17.7. The molecule has 124 valence electrons. The Bertz CT molecular complexity index is 759. The molecule has 3 rings (SSSR count). The fourth-order valence-electron chi connectivity index (χ4n) is 2.51. The van der Waals surface area contributed by atoms with Crippen LogP contribution in [0.3, 0.4) is 0 Å². The van der Waals surface area contributed by atoms with E-state index < -0.39 is 21.8 Å². The molecule has 1 saturated carbocycles. The van der Waals surface area contributed by atoms with E-state index >= 15 is 0 Å². The fraction of sp³-hybridized carbons (Fsp3) is 0.263. The molecule has 24 heavy (non-hydrogen) atoms. The Labute approximate surface area is 150 Å². The van der Waals surface area contributed by atoms with Gasteiger partial charge in [-0.25, -0.2) is 0 Å². The fourth-order valence-corrected chi connectivity index (χ4v) is 3.20. The van der Waals surface area contributed by atoms with E-state index in [1.807, 2.05) is 12.1 Å². The zero-order valence-corrected chi connectivity index (χ0v) is 14.6. The van der Waals surface area contributed by atoms with Crippen LogP contribution in [0.4, 0.5) is 0 Å². The Morgan fingerprint density at radius 1 is 1.00 bits per heavy atom. The molecule has 0 heterocycles. The summed E-state index contributed by atoms with van der Waals surface area (Å²) in [6.07, 6.45) is -0.717. The molecule has 0 N–H and O–H groups in total. The minimum atomic E-state index is -1.14. The molecule has 1 fully saturated rings. The van der Waals surface area contributed by atoms with Gasteiger partial charge >= 0.3 is 5.97 Å². The normalized spacial score (nSPS) is 22.5. The number of ketones is 1. The minimum Gasteiger partial charge on any atom is -0.448 e. The van der Waals surface area contributed by atoms with Crippen molar-refractivity contribution in [2.24, 2.45) is 5.41 Å². The summed E-state index contributed by atoms with van der Waals surface area (Å²) in [6.45, 7) is 1.64. The Morgan fingerprint density at radius 3 is 2.00 bits per heavy atom. The van der Waals surface area contributed by atoms with Gasteiger partial charge < -0.3 is 4.74 Å². The average Bonchev–Trinajstić information content (AvgIpc) is 3.13. The first-order chi connectivity index (χ1) is 11.3. The molecule has 0 bridgehead atoms. The molecule has 0 aromatic heterocycles. The van der Waals surface area contributed by atoms with E-state index in [1.54, 1.807) is 55.5 Å². The summed E-state index contributed by atoms with van der Waals surface area (Å²) in [5.41, 5.74) is 0.0990. The van der Waals surface area contributed by atoms with Crippen molar-refractivity contribution in [2.75, 3.05) is 0 Å². The van der Waals surface area contributed by atoms with Gasteiger partial charge in [-0.1, -0.05) is 60.7 Å². The van der Waals surface area contributed by atoms with Crippen LogP contribution in [0.15, 0.2) is 60.7 Å². The van der Waals surface area contributed by atoms with Gasteiger partial charge in [-0.3, -0.25) is 9.59 Å². The predicted octanol–water partition coefficient (Wildman–Crippen LogP) is 4.74. The van der Waals surface area contributed by atoms with Gasteiger partial charge in [0, 0.05) is 17.5 Å². The summed E-state index contributed by atoms with van der Waals surface area (Å²) in [4.78, 5) is 25.4. The molecular formula is C19H16Cl2O3. The van der Waals surface area contributed by atoms with E-state index in [4.69, 9.17) is 27.9 Å². The number of hydrogen-bond acceptors (Lipinski definition) is 3. The zero-order valence-electron chi connectivity index (χ0n) is 13.0. The molecule has 2 unspecified atom stereocenters. The lowest BCUT2D eigenvalue weighted by Gasteiger charge is -2.20. The first-order valence-corrected chi connectivity index (χ1v) is 8.34. The van der Waals surface area contributed by atoms with Gasteiger partial charge in [0.2, 0.25) is 5.78 Å². The molecule has 2 atom stereocenters. The number of ether oxygens (including phenoxy) is 1. The highest BCUT2D eigenvalue weighted by atomic mass is 35.5. The number of halogens is 2. The SMILES string of the molecule is CC1(C(=O)OC(C(=O)c2ccccc2)c2ccccc2)CC1(Cl)Cl. The number of hydrogen-bond donors (Lipinski definition) is 0. The zero-order chi connectivity index (χ0) is 17.4. The van der Waals surface area contributed by atoms with Crippen molar-refractivity contribution in [2.45, 2.75) is 23.8 Å². The molecule has 1 aliphatic carbocycles. The van der Waals surface area contributed by atoms with Crippen molar-refractivity contribution in [3.8, 4) is 0 Å². The van der Waals surface area contributed by atoms with E-state index in [9.17, 15) is 9.59 Å². The second-order valence-corrected chi connectivity index (χ2v) is 7.62. The predicted molar refractivity (Wildman–Crippen MR) is 93.2 cm³/mol. The molecule has 2 aromatic rings. The maximum absolute atomic E-state index is 12.8. The third kappa shape index (κ3) is 3.06. The van der Waals surface area contributed by atoms with E-state index in [0.29, 0.717) is 17.5 Å². The van der Waals surface area contributed by atoms with Crippen molar-refractivity contribution in [3.05, 3.63) is 71.8 Å². The molecule has 5 heteroatoms. The van der Waals surface area contributed by atoms with Gasteiger partial charge in [-0.15, -0.1) is 23.2 Å². The Hall–Kier alpha value is -1.84. The van der Waals surface area contributed by atoms with Gasteiger partial charge in [0.15, 0.2) is 6.10 Å². The topological polar surface area (TPSA) is 43.4 Å². The largest absolute Gasteiger partial charge is 0.448 e. The number of rotatable bonds is 5. The first-order valence-electron chi connectivity index (χ1n) is 7.58. The van der Waals surface area contributed by atoms with Gasteiger partial charge in [-0.05, 0) is 6.92 Å². The number of benzene rings is 2. The van der Waals surface area contributed by atoms with Crippen LogP contribution in [-0.2, 0) is 9.53 Å². The van der Waals surface area contributed by atoms with Gasteiger partial charge in [0.1, 0.15) is 9.75 Å². The van der Waals surface area contributed by atoms with Crippen LogP contribution in [-0.4, -0.2) is 16.1 Å². The number of carbonyl (C=O) groups is 2. The Morgan fingerprint density at radius 2 is 1.50 bits per heavy atom. The quantitative estimate of drug-likeness (QED) is 0.438. The maximum Gasteiger partial charge on any atom is 0.316 e. The lowest BCUT2D eigenvalue weighted by molar-refractivity contribution is -0.153. The molecule has 0 amide bonds. The Balaban J connectivity index is 1.89. The van der Waals surface area contributed by atoms with Crippen LogP contribution in [0.2, 0.25) is 0 Å². The highest BCUT2D eigenvalue weighted by Crippen LogP contribution is 2.64. The Kier molecular flexibility index (Phi) is 4.41. The summed E-state index contributed by atoms with van der Waals surface area (Å²) < 4.78 is 4.42. The van der Waals surface area contributed by atoms with Gasteiger partial charge in [-0.2, -0.15) is 0 Å². The molecule has 3 nitrogen and oxygen atoms in total. The summed E-state index contributed by atoms with van der Waals surface area (Å²) in [5, 5.41) is 0. The highest BCUT2D eigenvalue weighted by molar-refractivity contribution is 6.53. The van der Waals surface area contributed by atoms with Crippen molar-refractivity contribution in [3.63, 3.8) is 0 Å². The van der Waals surface area contributed by atoms with E-state index in [2.05, 4.69) is 0 Å². The smallest absolute Gasteiger partial charge is 0.316 e. The third-order valence-electron chi connectivity index (χ3n) is 4.33. The molecule has 0 radical (unpaired) electrons. The molecule has 0 saturated heterocycles. The van der Waals surface area contributed by atoms with Crippen molar-refractivity contribution >= 4 is 35.0 Å². The first kappa shape index (κ1) is 17.0. The standard InChI is InChI=1S/C19H16Cl2O3/c1-18(12-19(18,20)21)17(23)24-16(14-10-6-3-7-11-14)15(22)13-8-4-2-5-9-13/h2-11,16H,12H2,1H3. The molecule has 0 spiro atoms. The van der Waals surface area contributed by atoms with Crippen molar-refractivity contribution in [1.82, 2.24) is 0 Å². The lowest BCUT2D eigenvalue weighted by Crippen LogP contribution is -2.27. The van der Waals surface area contributed by atoms with E-state index in [0.717, 1.165) is 0 Å². The van der Waals surface area contributed by atoms with Crippen LogP contribution in [0.5, 0.6) is 0 Å². The van der Waals surface area contributed by atoms with Crippen LogP contribution >= 0.6 is 23.2 Å². The number of carbonyl (C=O) groups excluding carboxylic acids is 2. The average molecular weight is 363 g/mol. The van der Waals surface area contributed by atoms with Crippen LogP contribution in [0, 0.1) is 5.41 Å². The molecule has 1 aliphatic rings. The van der Waals surface area contributed by atoms with Crippen LogP contribution in [0.1, 0.15) is 35.4 Å². The highest BCUT2D eigenvalue weighted by Gasteiger charge is 2.69. The maximum atomic E-state index is 12.8. The van der Waals surface area contributed by atoms with Gasteiger partial charge in [0.05, 0.1) is 0 Å². The third-order valence-corrected chi connectivity index (χ3v) is 5.43. The second kappa shape index (κ2) is 6.23. The van der Waals surface area contributed by atoms with E-state index in [-0.39, 0.29) is 5.78 Å². The molecule has 2 aromatic carbocycles. The monoisotopic (exact) mass is 362 g/mol. The minimum absolute atomic E-state index is 0.283. The van der Waals surface area contributed by atoms with Crippen LogP contribution < -0.4 is 0 Å². The summed E-state index contributed by atoms with van der Waals surface area (Å²) in [7, 11) is 0. The number of Topliss-reactive ketones (excluding diaryl/α,β-unsaturated/α-hetero) is 1. The molecule has 0 aliphatic heterocycles. The lowest BCUT2D eigenvalue weighted by atomic mass is 9.99. The van der Waals surface area contributed by atoms with Gasteiger partial charge in [0.25, 0.3) is 0 Å².